The van der Waals surface area contributed by atoms with Crippen LogP contribution in [-0.2, 0) is 9.59 Å². The third-order valence-electron chi connectivity index (χ3n) is 5.74. The number of anilines is 3. The minimum Gasteiger partial charge on any atom is -0.339 e. The quantitative estimate of drug-likeness (QED) is 0.715. The number of hydrogen-bond acceptors (Lipinski definition) is 5. The fourth-order valence-corrected chi connectivity index (χ4v) is 4.19. The number of nitrogens with one attached hydrogen (secondary N) is 3. The molecule has 0 bridgehead atoms. The summed E-state index contributed by atoms with van der Waals surface area (Å²) in [6.07, 6.45) is 3.92. The van der Waals surface area contributed by atoms with Crippen LogP contribution < -0.4 is 21.1 Å². The average molecular weight is 413 g/mol. The Kier molecular flexibility index (Phi) is 5.52. The first-order valence-corrected chi connectivity index (χ1v) is 10.2. The molecule has 2 amide bonds. The number of carbonyl (C=O) groups is 2. The number of H-pyrrole nitrogens is 1. The maximum absolute atomic E-state index is 13.1. The summed E-state index contributed by atoms with van der Waals surface area (Å²) >= 11 is 0. The molecule has 1 aromatic heterocycles. The zero-order chi connectivity index (χ0) is 21.3. The van der Waals surface area contributed by atoms with Gasteiger partial charge >= 0.3 is 0 Å². The molecule has 2 aromatic rings. The Balaban J connectivity index is 1.65. The highest BCUT2D eigenvalue weighted by Gasteiger charge is 2.35. The van der Waals surface area contributed by atoms with E-state index in [0.717, 1.165) is 32.2 Å². The van der Waals surface area contributed by atoms with E-state index in [4.69, 9.17) is 0 Å². The van der Waals surface area contributed by atoms with E-state index in [1.807, 2.05) is 0 Å². The Morgan fingerprint density at radius 2 is 2.03 bits per heavy atom. The topological polar surface area (TPSA) is 107 Å². The summed E-state index contributed by atoms with van der Waals surface area (Å²) in [6, 6.07) is 5.56. The predicted molar refractivity (Wildman–Crippen MR) is 111 cm³/mol. The molecule has 2 aliphatic rings. The van der Waals surface area contributed by atoms with E-state index in [-0.39, 0.29) is 29.8 Å². The van der Waals surface area contributed by atoms with Crippen molar-refractivity contribution in [3.8, 4) is 0 Å². The van der Waals surface area contributed by atoms with Crippen molar-refractivity contribution in [3.63, 3.8) is 0 Å². The number of halogens is 1. The molecule has 0 radical (unpaired) electrons. The summed E-state index contributed by atoms with van der Waals surface area (Å²) in [4.78, 5) is 47.4. The number of benzene rings is 1. The van der Waals surface area contributed by atoms with Crippen molar-refractivity contribution in [1.82, 2.24) is 9.97 Å². The summed E-state index contributed by atoms with van der Waals surface area (Å²) in [5.41, 5.74) is 0.0896. The van der Waals surface area contributed by atoms with Crippen LogP contribution in [0.4, 0.5) is 21.8 Å². The molecule has 3 N–H and O–H groups in total. The second-order valence-electron chi connectivity index (χ2n) is 7.70. The third kappa shape index (κ3) is 3.92. The van der Waals surface area contributed by atoms with Gasteiger partial charge in [-0.1, -0.05) is 6.92 Å². The van der Waals surface area contributed by atoms with Crippen LogP contribution in [0.1, 0.15) is 50.5 Å². The van der Waals surface area contributed by atoms with Crippen molar-refractivity contribution in [3.05, 3.63) is 46.0 Å². The number of aromatic amines is 1. The second-order valence-corrected chi connectivity index (χ2v) is 7.70. The zero-order valence-electron chi connectivity index (χ0n) is 16.7. The highest BCUT2D eigenvalue weighted by Crippen LogP contribution is 2.31. The van der Waals surface area contributed by atoms with Crippen molar-refractivity contribution >= 4 is 29.3 Å². The lowest BCUT2D eigenvalue weighted by Gasteiger charge is -2.36. The number of fused-ring (bicyclic) bond motifs is 1. The normalized spacial score (nSPS) is 21.0. The molecule has 158 valence electrons. The largest absolute Gasteiger partial charge is 0.339 e. The molecule has 1 saturated heterocycles. The second kappa shape index (κ2) is 8.25. The van der Waals surface area contributed by atoms with Gasteiger partial charge in [-0.15, -0.1) is 0 Å². The lowest BCUT2D eigenvalue weighted by atomic mass is 9.92. The minimum atomic E-state index is -0.979. The van der Waals surface area contributed by atoms with Gasteiger partial charge in [0.25, 0.3) is 5.56 Å². The molecule has 4 rings (SSSR count). The van der Waals surface area contributed by atoms with Crippen LogP contribution in [0.3, 0.4) is 0 Å². The molecular formula is C21H24FN5O3. The van der Waals surface area contributed by atoms with Crippen LogP contribution in [0.2, 0.25) is 0 Å². The summed E-state index contributed by atoms with van der Waals surface area (Å²) in [5.74, 6) is -1.74. The molecule has 0 spiro atoms. The summed E-state index contributed by atoms with van der Waals surface area (Å²) in [7, 11) is 0. The number of carbonyl (C=O) groups excluding carboxylic acids is 2. The molecule has 8 nitrogen and oxygen atoms in total. The van der Waals surface area contributed by atoms with Crippen molar-refractivity contribution < 1.29 is 14.0 Å². The van der Waals surface area contributed by atoms with Gasteiger partial charge in [0, 0.05) is 24.7 Å². The molecule has 0 unspecified atom stereocenters. The molecule has 1 fully saturated rings. The third-order valence-corrected chi connectivity index (χ3v) is 5.74. The average Bonchev–Trinajstić information content (AvgIpc) is 2.74. The maximum atomic E-state index is 13.1. The summed E-state index contributed by atoms with van der Waals surface area (Å²) in [5, 5.41) is 5.29. The van der Waals surface area contributed by atoms with E-state index in [2.05, 4.69) is 32.4 Å². The number of rotatable bonds is 4. The van der Waals surface area contributed by atoms with Crippen molar-refractivity contribution in [1.29, 1.82) is 0 Å². The van der Waals surface area contributed by atoms with Gasteiger partial charge in [0.05, 0.1) is 11.5 Å². The van der Waals surface area contributed by atoms with E-state index in [1.165, 1.54) is 24.3 Å². The molecular weight excluding hydrogens is 389 g/mol. The Morgan fingerprint density at radius 1 is 1.27 bits per heavy atom. The van der Waals surface area contributed by atoms with E-state index < -0.39 is 23.2 Å². The Bertz CT molecular complexity index is 1020. The van der Waals surface area contributed by atoms with Crippen molar-refractivity contribution in [2.75, 3.05) is 22.1 Å². The minimum absolute atomic E-state index is 0.129. The van der Waals surface area contributed by atoms with Crippen molar-refractivity contribution in [2.45, 2.75) is 51.0 Å². The Hall–Kier alpha value is -3.23. The van der Waals surface area contributed by atoms with Gasteiger partial charge in [0.2, 0.25) is 17.8 Å². The van der Waals surface area contributed by atoms with Gasteiger partial charge in [0.1, 0.15) is 11.6 Å². The van der Waals surface area contributed by atoms with Crippen LogP contribution in [0.25, 0.3) is 0 Å². The first kappa shape index (κ1) is 20.1. The predicted octanol–water partition coefficient (Wildman–Crippen LogP) is 2.74. The Labute approximate surface area is 172 Å². The number of nitrogens with zero attached hydrogens (tertiary/aromatic N) is 2. The zero-order valence-corrected chi connectivity index (χ0v) is 16.7. The molecule has 1 aromatic carbocycles. The SMILES string of the molecule is CC[C@@H]1CCCCN1c1nc2c(c(=O)[nH]1)[C@H](C(=O)Nc1ccc(F)cc1)CC(=O)N2. The molecule has 3 heterocycles. The molecule has 9 heteroatoms. The molecule has 30 heavy (non-hydrogen) atoms. The van der Waals surface area contributed by atoms with E-state index in [9.17, 15) is 18.8 Å². The van der Waals surface area contributed by atoms with E-state index >= 15 is 0 Å². The summed E-state index contributed by atoms with van der Waals surface area (Å²) in [6.45, 7) is 2.87. The lowest BCUT2D eigenvalue weighted by molar-refractivity contribution is -0.123. The van der Waals surface area contributed by atoms with Gasteiger partial charge in [-0.25, -0.2) is 4.39 Å². The Morgan fingerprint density at radius 3 is 2.77 bits per heavy atom. The highest BCUT2D eigenvalue weighted by atomic mass is 19.1. The van der Waals surface area contributed by atoms with Crippen LogP contribution in [0.5, 0.6) is 0 Å². The van der Waals surface area contributed by atoms with Gasteiger partial charge in [-0.05, 0) is 49.9 Å². The summed E-state index contributed by atoms with van der Waals surface area (Å²) < 4.78 is 13.1. The van der Waals surface area contributed by atoms with Crippen LogP contribution in [0, 0.1) is 5.82 Å². The van der Waals surface area contributed by atoms with Gasteiger partial charge < -0.3 is 15.5 Å². The van der Waals surface area contributed by atoms with Gasteiger partial charge in [0.15, 0.2) is 0 Å². The van der Waals surface area contributed by atoms with E-state index in [0.29, 0.717) is 11.6 Å². The maximum Gasteiger partial charge on any atom is 0.258 e. The fraction of sp³-hybridized carbons (Fsp3) is 0.429. The molecule has 2 aliphatic heterocycles. The monoisotopic (exact) mass is 413 g/mol. The molecule has 2 atom stereocenters. The molecule has 0 aliphatic carbocycles. The van der Waals surface area contributed by atoms with Gasteiger partial charge in [-0.2, -0.15) is 4.98 Å². The standard InChI is InChI=1S/C21H24FN5O3/c1-2-14-5-3-4-10-27(14)21-25-18-17(20(30)26-21)15(11-16(28)24-18)19(29)23-13-8-6-12(22)7-9-13/h6-9,14-15H,2-5,10-11H2,1H3,(H,23,29)(H2,24,25,26,28,30)/t14-,15-/m1/s1. The van der Waals surface area contributed by atoms with Crippen LogP contribution >= 0.6 is 0 Å². The smallest absolute Gasteiger partial charge is 0.258 e. The van der Waals surface area contributed by atoms with Crippen LogP contribution in [-0.4, -0.2) is 34.4 Å². The highest BCUT2D eigenvalue weighted by molar-refractivity contribution is 6.04. The van der Waals surface area contributed by atoms with E-state index in [1.54, 1.807) is 0 Å². The first-order valence-electron chi connectivity index (χ1n) is 10.2. The van der Waals surface area contributed by atoms with Crippen molar-refractivity contribution in [2.24, 2.45) is 0 Å². The number of piperidine rings is 1. The van der Waals surface area contributed by atoms with Crippen LogP contribution in [0.15, 0.2) is 29.1 Å². The lowest BCUT2D eigenvalue weighted by Crippen LogP contribution is -2.43. The number of aromatic nitrogens is 2. The number of hydrogen-bond donors (Lipinski definition) is 3. The fourth-order valence-electron chi connectivity index (χ4n) is 4.19. The first-order chi connectivity index (χ1) is 14.5. The van der Waals surface area contributed by atoms with Gasteiger partial charge in [-0.3, -0.25) is 19.4 Å². The number of amides is 2. The molecule has 0 saturated carbocycles.